The maximum absolute atomic E-state index is 12.5. The fourth-order valence-corrected chi connectivity index (χ4v) is 3.96. The van der Waals surface area contributed by atoms with E-state index in [0.717, 1.165) is 50.8 Å². The third-order valence-electron chi connectivity index (χ3n) is 5.64. The number of rotatable bonds is 5. The summed E-state index contributed by atoms with van der Waals surface area (Å²) in [5, 5.41) is 3.28. The van der Waals surface area contributed by atoms with Gasteiger partial charge in [-0.15, -0.1) is 0 Å². The zero-order chi connectivity index (χ0) is 19.2. The number of hydrogen-bond acceptors (Lipinski definition) is 5. The van der Waals surface area contributed by atoms with Gasteiger partial charge in [0.25, 0.3) is 0 Å². The van der Waals surface area contributed by atoms with E-state index in [2.05, 4.69) is 44.4 Å². The monoisotopic (exact) mass is 379 g/mol. The van der Waals surface area contributed by atoms with Gasteiger partial charge in [-0.05, 0) is 55.7 Å². The van der Waals surface area contributed by atoms with Crippen molar-refractivity contribution in [2.45, 2.75) is 19.3 Å². The van der Waals surface area contributed by atoms with Crippen LogP contribution in [0.1, 0.15) is 19.3 Å². The summed E-state index contributed by atoms with van der Waals surface area (Å²) in [5.41, 5.74) is 2.28. The van der Waals surface area contributed by atoms with Gasteiger partial charge in [0.1, 0.15) is 5.82 Å². The van der Waals surface area contributed by atoms with Gasteiger partial charge in [0.05, 0.1) is 6.54 Å². The van der Waals surface area contributed by atoms with Crippen LogP contribution in [0.25, 0.3) is 0 Å². The molecule has 28 heavy (non-hydrogen) atoms. The Morgan fingerprint density at radius 1 is 0.857 bits per heavy atom. The number of carbonyl (C=O) groups is 1. The van der Waals surface area contributed by atoms with Crippen molar-refractivity contribution in [3.05, 3.63) is 48.7 Å². The van der Waals surface area contributed by atoms with E-state index in [9.17, 15) is 4.79 Å². The van der Waals surface area contributed by atoms with E-state index < -0.39 is 0 Å². The number of piperidine rings is 1. The third-order valence-corrected chi connectivity index (χ3v) is 5.64. The van der Waals surface area contributed by atoms with Crippen LogP contribution in [0.5, 0.6) is 0 Å². The van der Waals surface area contributed by atoms with Crippen molar-refractivity contribution in [1.29, 1.82) is 0 Å². The number of nitrogens with zero attached hydrogens (tertiary/aromatic N) is 4. The predicted octanol–water partition coefficient (Wildman–Crippen LogP) is 2.83. The highest BCUT2D eigenvalue weighted by molar-refractivity contribution is 5.81. The minimum absolute atomic E-state index is 0.153. The van der Waals surface area contributed by atoms with Crippen LogP contribution in [0.4, 0.5) is 17.2 Å². The normalized spacial score (nSPS) is 17.5. The van der Waals surface area contributed by atoms with E-state index in [1.54, 1.807) is 0 Å². The number of amides is 1. The van der Waals surface area contributed by atoms with Crippen LogP contribution in [-0.4, -0.2) is 61.6 Å². The summed E-state index contributed by atoms with van der Waals surface area (Å²) < 4.78 is 0. The second-order valence-electron chi connectivity index (χ2n) is 7.50. The van der Waals surface area contributed by atoms with Crippen molar-refractivity contribution < 1.29 is 4.79 Å². The predicted molar refractivity (Wildman–Crippen MR) is 114 cm³/mol. The topological polar surface area (TPSA) is 51.7 Å². The van der Waals surface area contributed by atoms with E-state index in [0.29, 0.717) is 6.54 Å². The molecular formula is C22H29N5O. The van der Waals surface area contributed by atoms with Gasteiger partial charge in [-0.25, -0.2) is 4.98 Å². The first kappa shape index (κ1) is 18.6. The quantitative estimate of drug-likeness (QED) is 0.866. The molecule has 2 aliphatic rings. The van der Waals surface area contributed by atoms with Crippen molar-refractivity contribution in [2.24, 2.45) is 0 Å². The minimum Gasteiger partial charge on any atom is -0.376 e. The van der Waals surface area contributed by atoms with Crippen molar-refractivity contribution in [1.82, 2.24) is 9.88 Å². The molecule has 2 saturated heterocycles. The van der Waals surface area contributed by atoms with Crippen molar-refractivity contribution in [3.8, 4) is 0 Å². The number of pyridine rings is 1. The Hall–Kier alpha value is -2.76. The standard InChI is InChI=1S/C22H29N5O/c28-22(27-16-14-26(15-17-27)21-6-2-3-11-23-21)18-24-19-7-9-20(10-8-19)25-12-4-1-5-13-25/h2-3,6-11,24H,1,4-5,12-18H2. The largest absolute Gasteiger partial charge is 0.376 e. The van der Waals surface area contributed by atoms with Crippen molar-refractivity contribution in [2.75, 3.05) is 60.9 Å². The zero-order valence-corrected chi connectivity index (χ0v) is 16.4. The zero-order valence-electron chi connectivity index (χ0n) is 16.4. The van der Waals surface area contributed by atoms with Gasteiger partial charge in [-0.2, -0.15) is 0 Å². The van der Waals surface area contributed by atoms with Crippen LogP contribution >= 0.6 is 0 Å². The molecular weight excluding hydrogens is 350 g/mol. The van der Waals surface area contributed by atoms with E-state index in [4.69, 9.17) is 0 Å². The lowest BCUT2D eigenvalue weighted by atomic mass is 10.1. The highest BCUT2D eigenvalue weighted by Crippen LogP contribution is 2.21. The molecule has 6 heteroatoms. The molecule has 1 aromatic heterocycles. The van der Waals surface area contributed by atoms with Crippen LogP contribution < -0.4 is 15.1 Å². The van der Waals surface area contributed by atoms with Gasteiger partial charge < -0.3 is 20.0 Å². The maximum atomic E-state index is 12.5. The Kier molecular flexibility index (Phi) is 5.95. The lowest BCUT2D eigenvalue weighted by Gasteiger charge is -2.35. The Labute approximate surface area is 167 Å². The fourth-order valence-electron chi connectivity index (χ4n) is 3.96. The van der Waals surface area contributed by atoms with Crippen molar-refractivity contribution >= 4 is 23.1 Å². The van der Waals surface area contributed by atoms with Crippen molar-refractivity contribution in [3.63, 3.8) is 0 Å². The van der Waals surface area contributed by atoms with Crippen LogP contribution in [0.3, 0.4) is 0 Å². The summed E-state index contributed by atoms with van der Waals surface area (Å²) in [7, 11) is 0. The summed E-state index contributed by atoms with van der Waals surface area (Å²) >= 11 is 0. The van der Waals surface area contributed by atoms with E-state index in [1.807, 2.05) is 29.3 Å². The van der Waals surface area contributed by atoms with Gasteiger partial charge in [0, 0.05) is 56.8 Å². The molecule has 6 nitrogen and oxygen atoms in total. The molecule has 2 fully saturated rings. The number of benzene rings is 1. The summed E-state index contributed by atoms with van der Waals surface area (Å²) in [6.07, 6.45) is 5.71. The fraction of sp³-hybridized carbons (Fsp3) is 0.455. The summed E-state index contributed by atoms with van der Waals surface area (Å²) in [6, 6.07) is 14.4. The molecule has 1 aromatic carbocycles. The minimum atomic E-state index is 0.153. The molecule has 0 bridgehead atoms. The van der Waals surface area contributed by atoms with Crippen LogP contribution in [0.2, 0.25) is 0 Å². The molecule has 2 aromatic rings. The highest BCUT2D eigenvalue weighted by Gasteiger charge is 2.21. The summed E-state index contributed by atoms with van der Waals surface area (Å²) in [4.78, 5) is 23.6. The van der Waals surface area contributed by atoms with Gasteiger partial charge in [-0.1, -0.05) is 6.07 Å². The molecule has 2 aliphatic heterocycles. The summed E-state index contributed by atoms with van der Waals surface area (Å²) in [6.45, 7) is 5.77. The first-order valence-electron chi connectivity index (χ1n) is 10.3. The molecule has 4 rings (SSSR count). The average Bonchev–Trinajstić information content (AvgIpc) is 2.79. The van der Waals surface area contributed by atoms with Gasteiger partial charge in [0.2, 0.25) is 5.91 Å². The highest BCUT2D eigenvalue weighted by atomic mass is 16.2. The Morgan fingerprint density at radius 2 is 1.61 bits per heavy atom. The number of hydrogen-bond donors (Lipinski definition) is 1. The number of carbonyl (C=O) groups excluding carboxylic acids is 1. The Bertz CT molecular complexity index is 750. The Balaban J connectivity index is 1.23. The first-order chi connectivity index (χ1) is 13.8. The molecule has 1 amide bonds. The van der Waals surface area contributed by atoms with E-state index in [1.165, 1.54) is 24.9 Å². The molecule has 0 radical (unpaired) electrons. The molecule has 0 atom stereocenters. The van der Waals surface area contributed by atoms with Gasteiger partial charge in [-0.3, -0.25) is 4.79 Å². The maximum Gasteiger partial charge on any atom is 0.241 e. The lowest BCUT2D eigenvalue weighted by Crippen LogP contribution is -2.50. The molecule has 0 unspecified atom stereocenters. The third kappa shape index (κ3) is 4.55. The molecule has 0 aliphatic carbocycles. The smallest absolute Gasteiger partial charge is 0.241 e. The molecule has 1 N–H and O–H groups in total. The Morgan fingerprint density at radius 3 is 2.29 bits per heavy atom. The SMILES string of the molecule is O=C(CNc1ccc(N2CCCCC2)cc1)N1CCN(c2ccccn2)CC1. The number of piperazine rings is 1. The molecule has 0 saturated carbocycles. The molecule has 3 heterocycles. The first-order valence-corrected chi connectivity index (χ1v) is 10.3. The van der Waals surface area contributed by atoms with Gasteiger partial charge in [0.15, 0.2) is 0 Å². The van der Waals surface area contributed by atoms with E-state index >= 15 is 0 Å². The molecule has 0 spiro atoms. The number of nitrogens with one attached hydrogen (secondary N) is 1. The summed E-state index contributed by atoms with van der Waals surface area (Å²) in [5.74, 6) is 1.14. The van der Waals surface area contributed by atoms with Crippen LogP contribution in [0, 0.1) is 0 Å². The number of aromatic nitrogens is 1. The number of anilines is 3. The second-order valence-corrected chi connectivity index (χ2v) is 7.50. The van der Waals surface area contributed by atoms with Crippen LogP contribution in [-0.2, 0) is 4.79 Å². The average molecular weight is 380 g/mol. The molecule has 148 valence electrons. The lowest BCUT2D eigenvalue weighted by molar-refractivity contribution is -0.129. The second kappa shape index (κ2) is 8.95. The van der Waals surface area contributed by atoms with Gasteiger partial charge >= 0.3 is 0 Å². The van der Waals surface area contributed by atoms with E-state index in [-0.39, 0.29) is 5.91 Å². The van der Waals surface area contributed by atoms with Crippen LogP contribution in [0.15, 0.2) is 48.7 Å².